The number of imide groups is 1. The molecule has 0 saturated heterocycles. The van der Waals surface area contributed by atoms with Gasteiger partial charge >= 0.3 is 6.03 Å². The largest absolute Gasteiger partial charge is 0.341 e. The first-order chi connectivity index (χ1) is 8.93. The topological polar surface area (TPSA) is 74.8 Å². The lowest BCUT2D eigenvalue weighted by Crippen LogP contribution is -2.92. The van der Waals surface area contributed by atoms with Crippen molar-refractivity contribution in [3.63, 3.8) is 0 Å². The van der Waals surface area contributed by atoms with Gasteiger partial charge in [0.1, 0.15) is 6.04 Å². The summed E-state index contributed by atoms with van der Waals surface area (Å²) in [6.07, 6.45) is 0. The molecule has 0 saturated carbocycles. The van der Waals surface area contributed by atoms with Gasteiger partial charge in [-0.25, -0.2) is 4.79 Å². The Hall–Kier alpha value is -1.59. The van der Waals surface area contributed by atoms with Crippen molar-refractivity contribution in [2.75, 3.05) is 7.05 Å². The van der Waals surface area contributed by atoms with Crippen LogP contribution in [0.25, 0.3) is 0 Å². The molecule has 1 aromatic rings. The Balaban J connectivity index is 2.56. The van der Waals surface area contributed by atoms with Crippen molar-refractivity contribution in [2.24, 2.45) is 0 Å². The first kappa shape index (κ1) is 15.5. The third-order valence-corrected chi connectivity index (χ3v) is 3.10. The lowest BCUT2D eigenvalue weighted by atomic mass is 10.1. The van der Waals surface area contributed by atoms with E-state index in [9.17, 15) is 9.59 Å². The minimum absolute atomic E-state index is 0.0997. The van der Waals surface area contributed by atoms with Crippen molar-refractivity contribution in [1.29, 1.82) is 0 Å². The van der Waals surface area contributed by atoms with Crippen molar-refractivity contribution in [2.45, 2.75) is 25.9 Å². The van der Waals surface area contributed by atoms with E-state index in [0.717, 1.165) is 5.56 Å². The summed E-state index contributed by atoms with van der Waals surface area (Å²) >= 11 is 5.83. The van der Waals surface area contributed by atoms with Crippen molar-refractivity contribution < 1.29 is 14.9 Å². The van der Waals surface area contributed by atoms with Crippen LogP contribution in [0, 0.1) is 0 Å². The predicted octanol–water partition coefficient (Wildman–Crippen LogP) is 0.808. The highest BCUT2D eigenvalue weighted by Crippen LogP contribution is 2.13. The van der Waals surface area contributed by atoms with E-state index in [0.29, 0.717) is 5.02 Å². The second-order valence-electron chi connectivity index (χ2n) is 4.39. The number of rotatable bonds is 4. The van der Waals surface area contributed by atoms with Crippen molar-refractivity contribution in [3.8, 4) is 0 Å². The molecule has 0 bridgehead atoms. The Labute approximate surface area is 117 Å². The van der Waals surface area contributed by atoms with E-state index in [-0.39, 0.29) is 18.0 Å². The molecule has 6 heteroatoms. The summed E-state index contributed by atoms with van der Waals surface area (Å²) in [5.41, 5.74) is 1.07. The Morgan fingerprint density at radius 3 is 2.32 bits per heavy atom. The van der Waals surface area contributed by atoms with Gasteiger partial charge in [-0.3, -0.25) is 10.1 Å². The molecule has 0 aliphatic heterocycles. The van der Waals surface area contributed by atoms with E-state index in [4.69, 9.17) is 11.6 Å². The molecule has 19 heavy (non-hydrogen) atoms. The van der Waals surface area contributed by atoms with E-state index in [1.54, 1.807) is 6.92 Å². The quantitative estimate of drug-likeness (QED) is 0.765. The second kappa shape index (κ2) is 7.11. The molecule has 1 rings (SSSR count). The van der Waals surface area contributed by atoms with E-state index in [2.05, 4.69) is 10.6 Å². The summed E-state index contributed by atoms with van der Waals surface area (Å²) in [7, 11) is 1.47. The average molecular weight is 285 g/mol. The van der Waals surface area contributed by atoms with Crippen LogP contribution in [0.15, 0.2) is 24.3 Å². The Morgan fingerprint density at radius 2 is 1.79 bits per heavy atom. The molecule has 0 aliphatic rings. The molecule has 0 aromatic heterocycles. The molecule has 3 amide bonds. The standard InChI is InChI=1S/C13H18ClN3O2/c1-8(10-4-6-11(14)7-5-10)16-9(2)12(18)17-13(19)15-3/h4-9,16H,1-3H3,(H2,15,17,18,19)/p+1/t8-,9-/m0/s1. The van der Waals surface area contributed by atoms with Gasteiger partial charge in [0.15, 0.2) is 6.04 Å². The Kier molecular flexibility index (Phi) is 5.79. The van der Waals surface area contributed by atoms with E-state index in [1.165, 1.54) is 7.05 Å². The molecule has 0 heterocycles. The second-order valence-corrected chi connectivity index (χ2v) is 4.83. The maximum absolute atomic E-state index is 11.7. The summed E-state index contributed by atoms with van der Waals surface area (Å²) in [5, 5.41) is 7.17. The summed E-state index contributed by atoms with van der Waals surface area (Å²) in [5.74, 6) is -0.319. The number of hydrogen-bond acceptors (Lipinski definition) is 2. The fraction of sp³-hybridized carbons (Fsp3) is 0.385. The molecular formula is C13H19ClN3O2+. The van der Waals surface area contributed by atoms with Crippen LogP contribution < -0.4 is 16.0 Å². The lowest BCUT2D eigenvalue weighted by molar-refractivity contribution is -0.710. The van der Waals surface area contributed by atoms with Crippen molar-refractivity contribution in [3.05, 3.63) is 34.9 Å². The third kappa shape index (κ3) is 4.89. The van der Waals surface area contributed by atoms with Crippen LogP contribution >= 0.6 is 11.6 Å². The Morgan fingerprint density at radius 1 is 1.21 bits per heavy atom. The molecule has 0 fully saturated rings. The predicted molar refractivity (Wildman–Crippen MR) is 73.9 cm³/mol. The average Bonchev–Trinajstić information content (AvgIpc) is 2.38. The van der Waals surface area contributed by atoms with Gasteiger partial charge in [0.25, 0.3) is 5.91 Å². The number of nitrogens with two attached hydrogens (primary N) is 1. The number of carbonyl (C=O) groups excluding carboxylic acids is 2. The SMILES string of the molecule is CNC(=O)NC(=O)[C@H](C)[NH2+][C@@H](C)c1ccc(Cl)cc1. The molecule has 0 spiro atoms. The number of benzene rings is 1. The third-order valence-electron chi connectivity index (χ3n) is 2.85. The monoisotopic (exact) mass is 284 g/mol. The van der Waals surface area contributed by atoms with Gasteiger partial charge < -0.3 is 10.6 Å². The zero-order chi connectivity index (χ0) is 14.4. The van der Waals surface area contributed by atoms with Gasteiger partial charge in [-0.1, -0.05) is 23.7 Å². The molecular weight excluding hydrogens is 266 g/mol. The van der Waals surface area contributed by atoms with Crippen LogP contribution in [0.4, 0.5) is 4.79 Å². The highest BCUT2D eigenvalue weighted by Gasteiger charge is 2.21. The van der Waals surface area contributed by atoms with Crippen molar-refractivity contribution >= 4 is 23.5 Å². The van der Waals surface area contributed by atoms with Crippen LogP contribution in [-0.2, 0) is 4.79 Å². The van der Waals surface area contributed by atoms with Crippen LogP contribution in [0.1, 0.15) is 25.5 Å². The van der Waals surface area contributed by atoms with Crippen LogP contribution in [-0.4, -0.2) is 25.0 Å². The summed E-state index contributed by atoms with van der Waals surface area (Å²) in [6.45, 7) is 3.75. The van der Waals surface area contributed by atoms with Gasteiger partial charge in [-0.15, -0.1) is 0 Å². The highest BCUT2D eigenvalue weighted by atomic mass is 35.5. The number of quaternary nitrogens is 1. The van der Waals surface area contributed by atoms with Crippen LogP contribution in [0.3, 0.4) is 0 Å². The van der Waals surface area contributed by atoms with E-state index in [1.807, 2.05) is 36.5 Å². The number of hydrogen-bond donors (Lipinski definition) is 3. The van der Waals surface area contributed by atoms with E-state index >= 15 is 0 Å². The molecule has 5 nitrogen and oxygen atoms in total. The molecule has 1 aromatic carbocycles. The van der Waals surface area contributed by atoms with E-state index < -0.39 is 6.03 Å². The maximum Gasteiger partial charge on any atom is 0.321 e. The summed E-state index contributed by atoms with van der Waals surface area (Å²) < 4.78 is 0. The fourth-order valence-corrected chi connectivity index (χ4v) is 1.81. The number of carbonyl (C=O) groups is 2. The first-order valence-corrected chi connectivity index (χ1v) is 6.45. The summed E-state index contributed by atoms with van der Waals surface area (Å²) in [4.78, 5) is 22.8. The molecule has 0 radical (unpaired) electrons. The van der Waals surface area contributed by atoms with Gasteiger partial charge in [-0.2, -0.15) is 0 Å². The van der Waals surface area contributed by atoms with Crippen LogP contribution in [0.5, 0.6) is 0 Å². The number of halogens is 1. The first-order valence-electron chi connectivity index (χ1n) is 6.07. The molecule has 104 valence electrons. The number of amides is 3. The van der Waals surface area contributed by atoms with Gasteiger partial charge in [0.2, 0.25) is 0 Å². The zero-order valence-corrected chi connectivity index (χ0v) is 12.0. The minimum atomic E-state index is -0.496. The molecule has 0 unspecified atom stereocenters. The molecule has 4 N–H and O–H groups in total. The zero-order valence-electron chi connectivity index (χ0n) is 11.2. The van der Waals surface area contributed by atoms with Gasteiger partial charge in [0, 0.05) is 17.6 Å². The number of urea groups is 1. The fourth-order valence-electron chi connectivity index (χ4n) is 1.69. The molecule has 2 atom stereocenters. The number of nitrogens with one attached hydrogen (secondary N) is 2. The maximum atomic E-state index is 11.7. The minimum Gasteiger partial charge on any atom is -0.341 e. The smallest absolute Gasteiger partial charge is 0.321 e. The summed E-state index contributed by atoms with van der Waals surface area (Å²) in [6, 6.07) is 6.72. The lowest BCUT2D eigenvalue weighted by Gasteiger charge is -2.16. The van der Waals surface area contributed by atoms with Gasteiger partial charge in [-0.05, 0) is 26.0 Å². The van der Waals surface area contributed by atoms with Crippen molar-refractivity contribution in [1.82, 2.24) is 10.6 Å². The normalized spacial score (nSPS) is 13.5. The molecule has 0 aliphatic carbocycles. The van der Waals surface area contributed by atoms with Crippen LogP contribution in [0.2, 0.25) is 5.02 Å². The highest BCUT2D eigenvalue weighted by molar-refractivity contribution is 6.30. The Bertz CT molecular complexity index is 448. The van der Waals surface area contributed by atoms with Gasteiger partial charge in [0.05, 0.1) is 0 Å².